The van der Waals surface area contributed by atoms with Gasteiger partial charge in [0.2, 0.25) is 11.8 Å². The first kappa shape index (κ1) is 19.3. The van der Waals surface area contributed by atoms with E-state index in [0.717, 1.165) is 27.6 Å². The fourth-order valence-corrected chi connectivity index (χ4v) is 2.86. The zero-order valence-corrected chi connectivity index (χ0v) is 16.0. The van der Waals surface area contributed by atoms with Crippen molar-refractivity contribution in [2.75, 3.05) is 5.32 Å². The number of anilines is 1. The van der Waals surface area contributed by atoms with Gasteiger partial charge in [0.05, 0.1) is 6.21 Å². The quantitative estimate of drug-likeness (QED) is 0.499. The lowest BCUT2D eigenvalue weighted by molar-refractivity contribution is -0.124. The summed E-state index contributed by atoms with van der Waals surface area (Å²) in [6.45, 7) is 4.01. The fourth-order valence-electron chi connectivity index (χ4n) is 2.86. The van der Waals surface area contributed by atoms with Crippen molar-refractivity contribution in [2.45, 2.75) is 26.7 Å². The number of rotatable bonds is 6. The normalized spacial score (nSPS) is 10.9. The van der Waals surface area contributed by atoms with Crippen LogP contribution in [0.25, 0.3) is 10.8 Å². The van der Waals surface area contributed by atoms with Crippen molar-refractivity contribution >= 4 is 34.5 Å². The highest BCUT2D eigenvalue weighted by Gasteiger charge is 2.07. The number of carbonyl (C=O) groups excluding carboxylic acids is 2. The van der Waals surface area contributed by atoms with Gasteiger partial charge >= 0.3 is 0 Å². The molecular formula is C23H23N3O2. The van der Waals surface area contributed by atoms with Crippen LogP contribution in [0.1, 0.15) is 29.5 Å². The predicted molar refractivity (Wildman–Crippen MR) is 113 cm³/mol. The Balaban J connectivity index is 1.49. The molecule has 3 rings (SSSR count). The van der Waals surface area contributed by atoms with E-state index in [0.29, 0.717) is 0 Å². The number of hydrogen-bond donors (Lipinski definition) is 2. The largest absolute Gasteiger partial charge is 0.326 e. The number of hydrogen-bond acceptors (Lipinski definition) is 3. The Morgan fingerprint density at radius 2 is 1.64 bits per heavy atom. The van der Waals surface area contributed by atoms with E-state index in [2.05, 4.69) is 15.8 Å². The van der Waals surface area contributed by atoms with Crippen molar-refractivity contribution < 1.29 is 9.59 Å². The maximum Gasteiger partial charge on any atom is 0.240 e. The van der Waals surface area contributed by atoms with Crippen LogP contribution in [0.3, 0.4) is 0 Å². The second-order valence-electron chi connectivity index (χ2n) is 6.71. The van der Waals surface area contributed by atoms with Crippen LogP contribution >= 0.6 is 0 Å². The van der Waals surface area contributed by atoms with Crippen LogP contribution in [0.2, 0.25) is 0 Å². The molecule has 0 aliphatic heterocycles. The predicted octanol–water partition coefficient (Wildman–Crippen LogP) is 4.33. The van der Waals surface area contributed by atoms with Gasteiger partial charge in [0.15, 0.2) is 0 Å². The molecule has 2 N–H and O–H groups in total. The molecule has 0 aliphatic carbocycles. The standard InChI is InChI=1S/C23H23N3O2/c1-16-10-11-20(14-17(16)2)25-22(27)12-13-23(28)26-24-15-19-8-5-7-18-6-3-4-9-21(18)19/h3-11,14-15H,12-13H2,1-2H3,(H,25,27)(H,26,28). The summed E-state index contributed by atoms with van der Waals surface area (Å²) in [6.07, 6.45) is 1.79. The lowest BCUT2D eigenvalue weighted by Gasteiger charge is -2.07. The van der Waals surface area contributed by atoms with Crippen LogP contribution in [0.5, 0.6) is 0 Å². The van der Waals surface area contributed by atoms with Crippen molar-refractivity contribution in [3.63, 3.8) is 0 Å². The van der Waals surface area contributed by atoms with E-state index < -0.39 is 0 Å². The number of benzene rings is 3. The molecular weight excluding hydrogens is 350 g/mol. The second-order valence-corrected chi connectivity index (χ2v) is 6.71. The summed E-state index contributed by atoms with van der Waals surface area (Å²) in [5.41, 5.74) is 6.42. The van der Waals surface area contributed by atoms with E-state index in [-0.39, 0.29) is 24.7 Å². The lowest BCUT2D eigenvalue weighted by atomic mass is 10.1. The first-order chi connectivity index (χ1) is 13.5. The van der Waals surface area contributed by atoms with Crippen molar-refractivity contribution in [3.05, 3.63) is 77.4 Å². The molecule has 0 aromatic heterocycles. The van der Waals surface area contributed by atoms with Gasteiger partial charge in [0.25, 0.3) is 0 Å². The molecule has 0 unspecified atom stereocenters. The van der Waals surface area contributed by atoms with Crippen molar-refractivity contribution in [1.29, 1.82) is 0 Å². The first-order valence-electron chi connectivity index (χ1n) is 9.20. The molecule has 28 heavy (non-hydrogen) atoms. The summed E-state index contributed by atoms with van der Waals surface area (Å²) >= 11 is 0. The van der Waals surface area contributed by atoms with Crippen molar-refractivity contribution in [3.8, 4) is 0 Å². The van der Waals surface area contributed by atoms with E-state index in [1.165, 1.54) is 5.56 Å². The minimum absolute atomic E-state index is 0.0730. The van der Waals surface area contributed by atoms with Crippen LogP contribution in [0.4, 0.5) is 5.69 Å². The van der Waals surface area contributed by atoms with E-state index in [1.807, 2.05) is 74.5 Å². The molecule has 142 valence electrons. The Labute approximate surface area is 164 Å². The van der Waals surface area contributed by atoms with Gasteiger partial charge in [-0.2, -0.15) is 5.10 Å². The van der Waals surface area contributed by atoms with Crippen LogP contribution < -0.4 is 10.7 Å². The molecule has 3 aromatic rings. The third-order valence-electron chi connectivity index (χ3n) is 4.59. The summed E-state index contributed by atoms with van der Waals surface area (Å²) in [5, 5.41) is 9.01. The van der Waals surface area contributed by atoms with Gasteiger partial charge in [-0.3, -0.25) is 9.59 Å². The molecule has 2 amide bonds. The molecule has 0 radical (unpaired) electrons. The molecule has 0 heterocycles. The molecule has 0 aliphatic rings. The zero-order chi connectivity index (χ0) is 19.9. The maximum atomic E-state index is 12.0. The highest BCUT2D eigenvalue weighted by Crippen LogP contribution is 2.17. The molecule has 0 spiro atoms. The van der Waals surface area contributed by atoms with Gasteiger partial charge in [0, 0.05) is 24.1 Å². The highest BCUT2D eigenvalue weighted by atomic mass is 16.2. The van der Waals surface area contributed by atoms with Gasteiger partial charge in [-0.05, 0) is 47.9 Å². The lowest BCUT2D eigenvalue weighted by Crippen LogP contribution is -2.20. The number of aryl methyl sites for hydroxylation is 2. The van der Waals surface area contributed by atoms with Crippen LogP contribution in [0.15, 0.2) is 65.8 Å². The first-order valence-corrected chi connectivity index (χ1v) is 9.20. The Hall–Kier alpha value is -3.47. The molecule has 0 bridgehead atoms. The third-order valence-corrected chi connectivity index (χ3v) is 4.59. The smallest absolute Gasteiger partial charge is 0.240 e. The monoisotopic (exact) mass is 373 g/mol. The molecule has 5 nitrogen and oxygen atoms in total. The zero-order valence-electron chi connectivity index (χ0n) is 16.0. The minimum atomic E-state index is -0.299. The summed E-state index contributed by atoms with van der Waals surface area (Å²) in [7, 11) is 0. The van der Waals surface area contributed by atoms with Gasteiger partial charge in [0.1, 0.15) is 0 Å². The SMILES string of the molecule is Cc1ccc(NC(=O)CCC(=O)NN=Cc2cccc3ccccc23)cc1C. The van der Waals surface area contributed by atoms with Gasteiger partial charge < -0.3 is 5.32 Å². The third kappa shape index (κ3) is 5.04. The second kappa shape index (κ2) is 8.95. The maximum absolute atomic E-state index is 12.0. The molecule has 0 fully saturated rings. The average Bonchev–Trinajstić information content (AvgIpc) is 2.69. The van der Waals surface area contributed by atoms with Gasteiger partial charge in [-0.15, -0.1) is 0 Å². The summed E-state index contributed by atoms with van der Waals surface area (Å²) in [5.74, 6) is -0.497. The highest BCUT2D eigenvalue weighted by molar-refractivity contribution is 6.00. The number of amides is 2. The Bertz CT molecular complexity index is 1040. The van der Waals surface area contributed by atoms with Gasteiger partial charge in [-0.25, -0.2) is 5.43 Å². The van der Waals surface area contributed by atoms with Crippen LogP contribution in [-0.2, 0) is 9.59 Å². The molecule has 0 saturated carbocycles. The van der Waals surface area contributed by atoms with Crippen molar-refractivity contribution in [1.82, 2.24) is 5.43 Å². The van der Waals surface area contributed by atoms with Crippen LogP contribution in [-0.4, -0.2) is 18.0 Å². The van der Waals surface area contributed by atoms with Crippen LogP contribution in [0, 0.1) is 13.8 Å². The van der Waals surface area contributed by atoms with Crippen molar-refractivity contribution in [2.24, 2.45) is 5.10 Å². The number of hydrazone groups is 1. The molecule has 3 aromatic carbocycles. The minimum Gasteiger partial charge on any atom is -0.326 e. The number of fused-ring (bicyclic) bond motifs is 1. The summed E-state index contributed by atoms with van der Waals surface area (Å²) in [6, 6.07) is 19.6. The van der Waals surface area contributed by atoms with E-state index in [4.69, 9.17) is 0 Å². The average molecular weight is 373 g/mol. The molecule has 0 saturated heterocycles. The van der Waals surface area contributed by atoms with Gasteiger partial charge in [-0.1, -0.05) is 48.5 Å². The summed E-state index contributed by atoms with van der Waals surface area (Å²) < 4.78 is 0. The Morgan fingerprint density at radius 1 is 0.893 bits per heavy atom. The Kier molecular flexibility index (Phi) is 6.17. The number of nitrogens with zero attached hydrogens (tertiary/aromatic N) is 1. The number of nitrogens with one attached hydrogen (secondary N) is 2. The topological polar surface area (TPSA) is 70.6 Å². The van der Waals surface area contributed by atoms with E-state index >= 15 is 0 Å². The van der Waals surface area contributed by atoms with E-state index in [1.54, 1.807) is 6.21 Å². The number of carbonyl (C=O) groups is 2. The summed E-state index contributed by atoms with van der Waals surface area (Å²) in [4.78, 5) is 24.0. The fraction of sp³-hybridized carbons (Fsp3) is 0.174. The Morgan fingerprint density at radius 3 is 2.46 bits per heavy atom. The van der Waals surface area contributed by atoms with E-state index in [9.17, 15) is 9.59 Å². The molecule has 0 atom stereocenters. The molecule has 5 heteroatoms.